The zero-order chi connectivity index (χ0) is 18.4. The van der Waals surface area contributed by atoms with Crippen LogP contribution < -0.4 is 0 Å². The van der Waals surface area contributed by atoms with E-state index in [0.717, 1.165) is 0 Å². The quantitative estimate of drug-likeness (QED) is 0.112. The molecule has 0 spiro atoms. The summed E-state index contributed by atoms with van der Waals surface area (Å²) in [6, 6.07) is 0. The van der Waals surface area contributed by atoms with Gasteiger partial charge in [0, 0.05) is 0 Å². The van der Waals surface area contributed by atoms with Crippen LogP contribution >= 0.6 is 7.92 Å². The van der Waals surface area contributed by atoms with Crippen molar-refractivity contribution in [3.8, 4) is 0 Å². The van der Waals surface area contributed by atoms with Gasteiger partial charge in [0.25, 0.3) is 0 Å². The first-order valence-electron chi connectivity index (χ1n) is 12.1. The molecule has 0 N–H and O–H groups in total. The van der Waals surface area contributed by atoms with Gasteiger partial charge in [0.2, 0.25) is 0 Å². The molecule has 0 rings (SSSR count). The summed E-state index contributed by atoms with van der Waals surface area (Å²) in [6.07, 6.45) is 31.2. The van der Waals surface area contributed by atoms with Gasteiger partial charge in [-0.25, -0.2) is 0 Å². The minimum atomic E-state index is 0. The zero-order valence-corrected chi connectivity index (χ0v) is 19.2. The first kappa shape index (κ1) is 29.5. The van der Waals surface area contributed by atoms with Gasteiger partial charge in [0.05, 0.1) is 0 Å². The third-order valence-corrected chi connectivity index (χ3v) is 8.33. The Hall–Kier alpha value is 1.30. The molecule has 0 unspecified atom stereocenters. The van der Waals surface area contributed by atoms with E-state index in [0.29, 0.717) is 7.92 Å². The van der Waals surface area contributed by atoms with Crippen LogP contribution in [-0.2, 0) is 0 Å². The second-order valence-electron chi connectivity index (χ2n) is 8.14. The number of unbranched alkanes of at least 4 members (excludes halogenated alkanes) is 15. The number of rotatable bonds is 21. The molecule has 2 heteroatoms. The van der Waals surface area contributed by atoms with E-state index >= 15 is 0 Å². The molecule has 0 aliphatic rings. The van der Waals surface area contributed by atoms with E-state index in [9.17, 15) is 0 Å². The average Bonchev–Trinajstić information content (AvgIpc) is 2.63. The topological polar surface area (TPSA) is 0 Å². The van der Waals surface area contributed by atoms with E-state index in [2.05, 4.69) is 20.8 Å². The van der Waals surface area contributed by atoms with Crippen molar-refractivity contribution in [3.05, 3.63) is 0 Å². The third-order valence-electron chi connectivity index (χ3n) is 5.48. The van der Waals surface area contributed by atoms with Gasteiger partial charge in [0.15, 0.2) is 0 Å². The monoisotopic (exact) mass is 488 g/mol. The molecule has 0 amide bonds. The summed E-state index contributed by atoms with van der Waals surface area (Å²) < 4.78 is 0. The van der Waals surface area contributed by atoms with Crippen LogP contribution in [0.1, 0.15) is 136 Å². The van der Waals surface area contributed by atoms with Gasteiger partial charge >= 0.3 is 25.8 Å². The van der Waals surface area contributed by atoms with E-state index in [1.807, 2.05) is 0 Å². The molecule has 158 valence electrons. The van der Waals surface area contributed by atoms with E-state index in [1.165, 1.54) is 116 Å². The van der Waals surface area contributed by atoms with Gasteiger partial charge in [-0.05, 0) is 37.7 Å². The molecule has 0 saturated carbocycles. The van der Waals surface area contributed by atoms with Crippen LogP contribution in [0, 0.1) is 0 Å². The fourth-order valence-electron chi connectivity index (χ4n) is 3.68. The Morgan fingerprint density at radius 1 is 0.346 bits per heavy atom. The van der Waals surface area contributed by atoms with Crippen molar-refractivity contribution in [2.75, 3.05) is 18.5 Å². The molecule has 0 nitrogen and oxygen atoms in total. The van der Waals surface area contributed by atoms with Crippen molar-refractivity contribution in [2.24, 2.45) is 0 Å². The van der Waals surface area contributed by atoms with Crippen molar-refractivity contribution in [2.45, 2.75) is 136 Å². The van der Waals surface area contributed by atoms with E-state index < -0.39 is 0 Å². The average molecular weight is 488 g/mol. The van der Waals surface area contributed by atoms with Crippen molar-refractivity contribution < 1.29 is 0 Å². The van der Waals surface area contributed by atoms with Gasteiger partial charge in [-0.1, -0.05) is 117 Å². The Labute approximate surface area is 188 Å². The molecular formula is C24H54InP. The first-order valence-corrected chi connectivity index (χ1v) is 14.0. The standard InChI is InChI=1S/C24H51P.In.3H/c1-4-7-10-13-16-19-22-25(23-20-17-14-11-8-5-2)24-21-18-15-12-9-6-3;;;;/h4-24H2,1-3H3;;;;. The number of hydrogen-bond acceptors (Lipinski definition) is 0. The van der Waals surface area contributed by atoms with E-state index in [-0.39, 0.29) is 25.8 Å². The van der Waals surface area contributed by atoms with Gasteiger partial charge in [-0.3, -0.25) is 0 Å². The molecule has 0 aliphatic heterocycles. The molecule has 0 aliphatic carbocycles. The van der Waals surface area contributed by atoms with Crippen LogP contribution in [0.15, 0.2) is 0 Å². The van der Waals surface area contributed by atoms with Gasteiger partial charge in [-0.15, -0.1) is 7.92 Å². The van der Waals surface area contributed by atoms with Crippen LogP contribution in [0.2, 0.25) is 0 Å². The van der Waals surface area contributed by atoms with Gasteiger partial charge < -0.3 is 0 Å². The molecule has 0 heterocycles. The van der Waals surface area contributed by atoms with Gasteiger partial charge in [0.1, 0.15) is 0 Å². The van der Waals surface area contributed by atoms with Crippen LogP contribution in [0.4, 0.5) is 0 Å². The second-order valence-corrected chi connectivity index (χ2v) is 10.8. The van der Waals surface area contributed by atoms with Crippen molar-refractivity contribution in [3.63, 3.8) is 0 Å². The Morgan fingerprint density at radius 2 is 0.577 bits per heavy atom. The molecule has 0 fully saturated rings. The summed E-state index contributed by atoms with van der Waals surface area (Å²) in [4.78, 5) is 0. The third kappa shape index (κ3) is 23.3. The van der Waals surface area contributed by atoms with E-state index in [4.69, 9.17) is 0 Å². The molecule has 0 aromatic carbocycles. The fourth-order valence-corrected chi connectivity index (χ4v) is 6.37. The first-order chi connectivity index (χ1) is 12.3. The predicted octanol–water partition coefficient (Wildman–Crippen LogP) is 8.37. The summed E-state index contributed by atoms with van der Waals surface area (Å²) in [5, 5.41) is 0. The van der Waals surface area contributed by atoms with Crippen molar-refractivity contribution >= 4 is 33.8 Å². The summed E-state index contributed by atoms with van der Waals surface area (Å²) in [6.45, 7) is 6.96. The normalized spacial score (nSPS) is 11.1. The number of hydrogen-bond donors (Lipinski definition) is 0. The Morgan fingerprint density at radius 3 is 0.846 bits per heavy atom. The van der Waals surface area contributed by atoms with Crippen molar-refractivity contribution in [1.82, 2.24) is 0 Å². The molecule has 0 aromatic heterocycles. The SMILES string of the molecule is CCCCCCCCP(CCCCCCCC)CCCCCCCC.[InH3]. The van der Waals surface area contributed by atoms with E-state index in [1.54, 1.807) is 18.5 Å². The van der Waals surface area contributed by atoms with Crippen LogP contribution in [0.3, 0.4) is 0 Å². The summed E-state index contributed by atoms with van der Waals surface area (Å²) >= 11 is 0. The molecule has 0 atom stereocenters. The summed E-state index contributed by atoms with van der Waals surface area (Å²) in [5.74, 6) is 0. The van der Waals surface area contributed by atoms with Crippen molar-refractivity contribution in [1.29, 1.82) is 0 Å². The molecular weight excluding hydrogens is 434 g/mol. The molecule has 26 heavy (non-hydrogen) atoms. The van der Waals surface area contributed by atoms with Crippen LogP contribution in [0.5, 0.6) is 0 Å². The maximum atomic E-state index is 2.32. The molecule has 0 bridgehead atoms. The van der Waals surface area contributed by atoms with Crippen LogP contribution in [-0.4, -0.2) is 44.3 Å². The Balaban J connectivity index is 0. The summed E-state index contributed by atoms with van der Waals surface area (Å²) in [5.41, 5.74) is 0. The molecule has 0 radical (unpaired) electrons. The van der Waals surface area contributed by atoms with Crippen LogP contribution in [0.25, 0.3) is 0 Å². The minimum absolute atomic E-state index is 0. The second kappa shape index (κ2) is 26.3. The Bertz CT molecular complexity index is 194. The zero-order valence-electron chi connectivity index (χ0n) is 18.3. The maximum absolute atomic E-state index is 2.32. The molecule has 0 aromatic rings. The fraction of sp³-hybridized carbons (Fsp3) is 1.00. The van der Waals surface area contributed by atoms with Gasteiger partial charge in [-0.2, -0.15) is 0 Å². The summed E-state index contributed by atoms with van der Waals surface area (Å²) in [7, 11) is 0.366. The Kier molecular flexibility index (Phi) is 29.8. The molecule has 0 saturated heterocycles. The predicted molar refractivity (Wildman–Crippen MR) is 132 cm³/mol.